The maximum Gasteiger partial charge on any atom is 0.0623 e. The maximum atomic E-state index is 5.26. The molecule has 3 fully saturated rings. The van der Waals surface area contributed by atoms with Crippen LogP contribution in [0.2, 0.25) is 0 Å². The summed E-state index contributed by atoms with van der Waals surface area (Å²) in [7, 11) is 2.18. The number of likely N-dealkylation sites (N-methyl/N-ethyl adjacent to an activating group) is 1. The SMILES string of the molecule is CN1C2COC[C@H]1C2. The Morgan fingerprint density at radius 1 is 1.38 bits per heavy atom. The molecule has 2 heteroatoms. The van der Waals surface area contributed by atoms with E-state index in [1.807, 2.05) is 0 Å². The molecule has 0 aromatic rings. The summed E-state index contributed by atoms with van der Waals surface area (Å²) in [6.07, 6.45) is 1.37. The summed E-state index contributed by atoms with van der Waals surface area (Å²) in [5.74, 6) is 0. The van der Waals surface area contributed by atoms with Crippen LogP contribution in [0.5, 0.6) is 0 Å². The zero-order chi connectivity index (χ0) is 5.56. The van der Waals surface area contributed by atoms with Crippen LogP contribution in [0.4, 0.5) is 0 Å². The van der Waals surface area contributed by atoms with Crippen LogP contribution in [-0.2, 0) is 4.74 Å². The number of hydrogen-bond donors (Lipinski definition) is 0. The third-order valence-corrected chi connectivity index (χ3v) is 2.32. The number of rotatable bonds is 0. The Morgan fingerprint density at radius 3 is 2.25 bits per heavy atom. The van der Waals surface area contributed by atoms with Crippen molar-refractivity contribution < 1.29 is 4.74 Å². The number of hydrogen-bond acceptors (Lipinski definition) is 2. The van der Waals surface area contributed by atoms with Gasteiger partial charge in [0.1, 0.15) is 0 Å². The lowest BCUT2D eigenvalue weighted by molar-refractivity contribution is -0.113. The van der Waals surface area contributed by atoms with E-state index in [9.17, 15) is 0 Å². The maximum absolute atomic E-state index is 5.26. The first-order chi connectivity index (χ1) is 3.88. The smallest absolute Gasteiger partial charge is 0.0623 e. The van der Waals surface area contributed by atoms with E-state index in [-0.39, 0.29) is 0 Å². The number of ether oxygens (including phenoxy) is 1. The van der Waals surface area contributed by atoms with Crippen molar-refractivity contribution in [1.82, 2.24) is 4.90 Å². The lowest BCUT2D eigenvalue weighted by Crippen LogP contribution is -2.61. The van der Waals surface area contributed by atoms with Crippen molar-refractivity contribution >= 4 is 0 Å². The minimum Gasteiger partial charge on any atom is -0.378 e. The van der Waals surface area contributed by atoms with E-state index in [1.54, 1.807) is 0 Å². The van der Waals surface area contributed by atoms with Gasteiger partial charge in [-0.05, 0) is 13.5 Å². The molecule has 0 aliphatic carbocycles. The van der Waals surface area contributed by atoms with Crippen molar-refractivity contribution in [3.05, 3.63) is 0 Å². The van der Waals surface area contributed by atoms with Crippen molar-refractivity contribution in [3.8, 4) is 0 Å². The second kappa shape index (κ2) is 1.45. The van der Waals surface area contributed by atoms with Crippen molar-refractivity contribution in [2.45, 2.75) is 18.5 Å². The van der Waals surface area contributed by atoms with Gasteiger partial charge in [-0.1, -0.05) is 0 Å². The Bertz CT molecular complexity index is 90.7. The predicted octanol–water partition coefficient (Wildman–Crippen LogP) is 0.0893. The van der Waals surface area contributed by atoms with Crippen LogP contribution in [0.25, 0.3) is 0 Å². The third kappa shape index (κ3) is 0.446. The van der Waals surface area contributed by atoms with E-state index in [4.69, 9.17) is 4.74 Å². The molecule has 0 saturated carbocycles. The van der Waals surface area contributed by atoms with Gasteiger partial charge in [-0.25, -0.2) is 0 Å². The lowest BCUT2D eigenvalue weighted by atomic mass is 9.93. The molecule has 0 radical (unpaired) electrons. The Hall–Kier alpha value is -0.0800. The normalized spacial score (nSPS) is 46.1. The molecular formula is C6H11NO. The van der Waals surface area contributed by atoms with Crippen LogP contribution in [0.15, 0.2) is 0 Å². The topological polar surface area (TPSA) is 12.5 Å². The molecule has 0 N–H and O–H groups in total. The molecule has 0 amide bonds. The Labute approximate surface area is 49.4 Å². The van der Waals surface area contributed by atoms with Crippen LogP contribution >= 0.6 is 0 Å². The summed E-state index contributed by atoms with van der Waals surface area (Å²) in [6, 6.07) is 1.52. The van der Waals surface area contributed by atoms with Gasteiger partial charge in [0.2, 0.25) is 0 Å². The molecule has 0 aromatic carbocycles. The summed E-state index contributed by atoms with van der Waals surface area (Å²) >= 11 is 0. The molecule has 0 spiro atoms. The minimum absolute atomic E-state index is 0.758. The summed E-state index contributed by atoms with van der Waals surface area (Å²) in [5.41, 5.74) is 0. The fourth-order valence-electron chi connectivity index (χ4n) is 1.52. The van der Waals surface area contributed by atoms with Crippen LogP contribution in [0, 0.1) is 0 Å². The van der Waals surface area contributed by atoms with Crippen molar-refractivity contribution in [2.75, 3.05) is 20.3 Å². The molecule has 3 aliphatic rings. The van der Waals surface area contributed by atoms with Crippen LogP contribution in [0.3, 0.4) is 0 Å². The van der Waals surface area contributed by atoms with Crippen LogP contribution in [-0.4, -0.2) is 37.2 Å². The highest BCUT2D eigenvalue weighted by Gasteiger charge is 2.39. The fourth-order valence-corrected chi connectivity index (χ4v) is 1.52. The van der Waals surface area contributed by atoms with Gasteiger partial charge in [0.05, 0.1) is 13.2 Å². The average molecular weight is 113 g/mol. The largest absolute Gasteiger partial charge is 0.378 e. The molecule has 1 unspecified atom stereocenters. The monoisotopic (exact) mass is 113 g/mol. The molecule has 3 saturated heterocycles. The van der Waals surface area contributed by atoms with Gasteiger partial charge < -0.3 is 4.74 Å². The van der Waals surface area contributed by atoms with E-state index in [0.717, 1.165) is 25.3 Å². The summed E-state index contributed by atoms with van der Waals surface area (Å²) in [4.78, 5) is 2.41. The van der Waals surface area contributed by atoms with E-state index in [2.05, 4.69) is 11.9 Å². The second-order valence-electron chi connectivity index (χ2n) is 2.75. The Balaban J connectivity index is 2.03. The second-order valence-corrected chi connectivity index (χ2v) is 2.75. The van der Waals surface area contributed by atoms with Gasteiger partial charge >= 0.3 is 0 Å². The van der Waals surface area contributed by atoms with E-state index < -0.39 is 0 Å². The van der Waals surface area contributed by atoms with E-state index in [1.165, 1.54) is 6.42 Å². The minimum atomic E-state index is 0.758. The quantitative estimate of drug-likeness (QED) is 0.441. The number of morpholine rings is 1. The number of fused-ring (bicyclic) bond motifs is 2. The van der Waals surface area contributed by atoms with Crippen LogP contribution < -0.4 is 0 Å². The highest BCUT2D eigenvalue weighted by molar-refractivity contribution is 4.93. The summed E-state index contributed by atoms with van der Waals surface area (Å²) < 4.78 is 5.26. The number of nitrogens with zero attached hydrogens (tertiary/aromatic N) is 1. The first-order valence-corrected chi connectivity index (χ1v) is 3.17. The van der Waals surface area contributed by atoms with Gasteiger partial charge in [0.15, 0.2) is 0 Å². The molecule has 3 heterocycles. The molecule has 3 aliphatic heterocycles. The van der Waals surface area contributed by atoms with Crippen molar-refractivity contribution in [2.24, 2.45) is 0 Å². The standard InChI is InChI=1S/C6H11NO/c1-7-5-2-6(7)4-8-3-5/h5-6H,2-4H2,1H3/t5-,6?/m1/s1. The van der Waals surface area contributed by atoms with E-state index >= 15 is 0 Å². The predicted molar refractivity (Wildman–Crippen MR) is 30.8 cm³/mol. The van der Waals surface area contributed by atoms with Crippen molar-refractivity contribution in [3.63, 3.8) is 0 Å². The first-order valence-electron chi connectivity index (χ1n) is 3.17. The molecule has 0 aromatic heterocycles. The third-order valence-electron chi connectivity index (χ3n) is 2.32. The summed E-state index contributed by atoms with van der Waals surface area (Å²) in [6.45, 7) is 1.93. The molecule has 3 rings (SSSR count). The highest BCUT2D eigenvalue weighted by atomic mass is 16.5. The zero-order valence-corrected chi connectivity index (χ0v) is 5.13. The molecule has 2 bridgehead atoms. The lowest BCUT2D eigenvalue weighted by Gasteiger charge is -2.50. The van der Waals surface area contributed by atoms with Gasteiger partial charge in [-0.15, -0.1) is 0 Å². The Kier molecular flexibility index (Phi) is 0.866. The molecule has 2 nitrogen and oxygen atoms in total. The van der Waals surface area contributed by atoms with Gasteiger partial charge in [-0.3, -0.25) is 4.90 Å². The molecule has 46 valence electrons. The molecular weight excluding hydrogens is 102 g/mol. The molecule has 2 atom stereocenters. The summed E-state index contributed by atoms with van der Waals surface area (Å²) in [5, 5.41) is 0. The average Bonchev–Trinajstić information content (AvgIpc) is 1.89. The molecule has 8 heavy (non-hydrogen) atoms. The first kappa shape index (κ1) is 4.77. The van der Waals surface area contributed by atoms with Crippen LogP contribution in [0.1, 0.15) is 6.42 Å². The zero-order valence-electron chi connectivity index (χ0n) is 5.13. The van der Waals surface area contributed by atoms with Gasteiger partial charge in [0.25, 0.3) is 0 Å². The highest BCUT2D eigenvalue weighted by Crippen LogP contribution is 2.27. The van der Waals surface area contributed by atoms with Crippen molar-refractivity contribution in [1.29, 1.82) is 0 Å². The fraction of sp³-hybridized carbons (Fsp3) is 1.00. The van der Waals surface area contributed by atoms with Gasteiger partial charge in [0, 0.05) is 12.1 Å². The van der Waals surface area contributed by atoms with Gasteiger partial charge in [-0.2, -0.15) is 0 Å². The van der Waals surface area contributed by atoms with E-state index in [0.29, 0.717) is 0 Å². The Morgan fingerprint density at radius 2 is 2.00 bits per heavy atom.